The third kappa shape index (κ3) is 2.54. The lowest BCUT2D eigenvalue weighted by molar-refractivity contribution is 0.280. The van der Waals surface area contributed by atoms with Crippen LogP contribution in [0.15, 0.2) is 36.4 Å². The molecule has 0 unspecified atom stereocenters. The molecule has 4 nitrogen and oxygen atoms in total. The van der Waals surface area contributed by atoms with Gasteiger partial charge < -0.3 is 9.84 Å². The Hall–Kier alpha value is -2.20. The highest BCUT2D eigenvalue weighted by molar-refractivity contribution is 6.31. The molecule has 5 heteroatoms. The zero-order valence-corrected chi connectivity index (χ0v) is 12.6. The average Bonchev–Trinajstić information content (AvgIpc) is 2.70. The van der Waals surface area contributed by atoms with Gasteiger partial charge in [-0.05, 0) is 29.8 Å². The van der Waals surface area contributed by atoms with E-state index in [0.29, 0.717) is 10.8 Å². The van der Waals surface area contributed by atoms with Gasteiger partial charge in [0.05, 0.1) is 16.4 Å². The minimum absolute atomic E-state index is 0.115. The second-order valence-corrected chi connectivity index (χ2v) is 5.30. The van der Waals surface area contributed by atoms with Crippen LogP contribution in [-0.2, 0) is 13.7 Å². The van der Waals surface area contributed by atoms with Crippen LogP contribution in [0.2, 0.25) is 5.02 Å². The summed E-state index contributed by atoms with van der Waals surface area (Å²) in [5.74, 6) is 0.548. The molecule has 1 aromatic heterocycles. The van der Waals surface area contributed by atoms with E-state index in [9.17, 15) is 5.11 Å². The number of rotatable bonds is 3. The number of hydrogen-bond acceptors (Lipinski definition) is 3. The predicted molar refractivity (Wildman–Crippen MR) is 82.9 cm³/mol. The van der Waals surface area contributed by atoms with Gasteiger partial charge in [0.1, 0.15) is 6.61 Å². The standard InChI is InChI=1S/C16H15ClN2O2/c1-10-16(17)13(19(2)18-10)9-21-15-8-12-6-4-3-5-11(12)7-14(15)20/h3-8,20H,9H2,1-2H3. The monoisotopic (exact) mass is 302 g/mol. The summed E-state index contributed by atoms with van der Waals surface area (Å²) in [5.41, 5.74) is 1.54. The van der Waals surface area contributed by atoms with E-state index in [4.69, 9.17) is 16.3 Å². The fourth-order valence-electron chi connectivity index (χ4n) is 2.31. The van der Waals surface area contributed by atoms with Gasteiger partial charge in [0.2, 0.25) is 0 Å². The molecule has 0 spiro atoms. The second-order valence-electron chi connectivity index (χ2n) is 4.93. The highest BCUT2D eigenvalue weighted by Crippen LogP contribution is 2.32. The van der Waals surface area contributed by atoms with Crippen molar-refractivity contribution in [3.8, 4) is 11.5 Å². The zero-order chi connectivity index (χ0) is 15.0. The van der Waals surface area contributed by atoms with Crippen molar-refractivity contribution in [2.45, 2.75) is 13.5 Å². The molecule has 0 radical (unpaired) electrons. The molecular weight excluding hydrogens is 288 g/mol. The molecule has 3 aromatic rings. The molecule has 1 heterocycles. The molecule has 0 atom stereocenters. The smallest absolute Gasteiger partial charge is 0.162 e. The SMILES string of the molecule is Cc1nn(C)c(COc2cc3ccccc3cc2O)c1Cl. The van der Waals surface area contributed by atoms with Crippen molar-refractivity contribution in [2.75, 3.05) is 0 Å². The molecule has 3 rings (SSSR count). The third-order valence-electron chi connectivity index (χ3n) is 3.45. The lowest BCUT2D eigenvalue weighted by Gasteiger charge is -2.10. The van der Waals surface area contributed by atoms with Gasteiger partial charge in [-0.15, -0.1) is 0 Å². The van der Waals surface area contributed by atoms with Gasteiger partial charge in [0.25, 0.3) is 0 Å². The molecule has 108 valence electrons. The molecule has 1 N–H and O–H groups in total. The van der Waals surface area contributed by atoms with Gasteiger partial charge in [-0.1, -0.05) is 35.9 Å². The van der Waals surface area contributed by atoms with Crippen LogP contribution in [0.1, 0.15) is 11.4 Å². The van der Waals surface area contributed by atoms with Crippen LogP contribution in [0.3, 0.4) is 0 Å². The van der Waals surface area contributed by atoms with Crippen molar-refractivity contribution in [3.05, 3.63) is 52.8 Å². The lowest BCUT2D eigenvalue weighted by atomic mass is 10.1. The summed E-state index contributed by atoms with van der Waals surface area (Å²) in [6.45, 7) is 2.10. The molecule has 0 saturated heterocycles. The van der Waals surface area contributed by atoms with E-state index in [0.717, 1.165) is 22.2 Å². The Bertz CT molecular complexity index is 811. The minimum atomic E-state index is 0.115. The fraction of sp³-hybridized carbons (Fsp3) is 0.188. The Labute approximate surface area is 127 Å². The lowest BCUT2D eigenvalue weighted by Crippen LogP contribution is -2.03. The number of aromatic hydroxyl groups is 1. The van der Waals surface area contributed by atoms with Gasteiger partial charge in [-0.3, -0.25) is 4.68 Å². The number of hydrogen-bond donors (Lipinski definition) is 1. The summed E-state index contributed by atoms with van der Waals surface area (Å²) in [5, 5.41) is 16.9. The number of nitrogens with zero attached hydrogens (tertiary/aromatic N) is 2. The Balaban J connectivity index is 1.89. The summed E-state index contributed by atoms with van der Waals surface area (Å²) >= 11 is 6.19. The number of halogens is 1. The van der Waals surface area contributed by atoms with Crippen molar-refractivity contribution >= 4 is 22.4 Å². The first kappa shape index (κ1) is 13.8. The maximum absolute atomic E-state index is 10.0. The van der Waals surface area contributed by atoms with Crippen molar-refractivity contribution in [1.29, 1.82) is 0 Å². The first-order chi connectivity index (χ1) is 10.1. The second kappa shape index (κ2) is 5.30. The Morgan fingerprint density at radius 2 is 1.90 bits per heavy atom. The summed E-state index contributed by atoms with van der Waals surface area (Å²) < 4.78 is 7.40. The Kier molecular flexibility index (Phi) is 3.47. The topological polar surface area (TPSA) is 47.3 Å². The molecule has 2 aromatic carbocycles. The highest BCUT2D eigenvalue weighted by Gasteiger charge is 2.13. The van der Waals surface area contributed by atoms with Crippen LogP contribution >= 0.6 is 11.6 Å². The number of phenolic OH excluding ortho intramolecular Hbond substituents is 1. The first-order valence-electron chi connectivity index (χ1n) is 6.59. The molecule has 0 fully saturated rings. The predicted octanol–water partition coefficient (Wildman–Crippen LogP) is 3.82. The van der Waals surface area contributed by atoms with E-state index in [-0.39, 0.29) is 12.4 Å². The number of aromatic nitrogens is 2. The maximum Gasteiger partial charge on any atom is 0.162 e. The van der Waals surface area contributed by atoms with Gasteiger partial charge >= 0.3 is 0 Å². The highest BCUT2D eigenvalue weighted by atomic mass is 35.5. The maximum atomic E-state index is 10.0. The van der Waals surface area contributed by atoms with Crippen molar-refractivity contribution in [1.82, 2.24) is 9.78 Å². The fourth-order valence-corrected chi connectivity index (χ4v) is 2.52. The van der Waals surface area contributed by atoms with Gasteiger partial charge in [0, 0.05) is 7.05 Å². The van der Waals surface area contributed by atoms with Crippen LogP contribution < -0.4 is 4.74 Å². The summed E-state index contributed by atoms with van der Waals surface area (Å²) in [6.07, 6.45) is 0. The van der Waals surface area contributed by atoms with Crippen molar-refractivity contribution in [2.24, 2.45) is 7.05 Å². The van der Waals surface area contributed by atoms with Crippen LogP contribution in [0, 0.1) is 6.92 Å². The molecule has 21 heavy (non-hydrogen) atoms. The largest absolute Gasteiger partial charge is 0.504 e. The number of ether oxygens (including phenoxy) is 1. The number of benzene rings is 2. The average molecular weight is 303 g/mol. The van der Waals surface area contributed by atoms with E-state index in [1.807, 2.05) is 44.3 Å². The number of fused-ring (bicyclic) bond motifs is 1. The molecule has 0 aliphatic carbocycles. The van der Waals surface area contributed by atoms with Crippen LogP contribution in [0.5, 0.6) is 11.5 Å². The summed E-state index contributed by atoms with van der Waals surface area (Å²) in [4.78, 5) is 0. The van der Waals surface area contributed by atoms with Crippen LogP contribution in [0.25, 0.3) is 10.8 Å². The van der Waals surface area contributed by atoms with Gasteiger partial charge in [0.15, 0.2) is 11.5 Å². The Morgan fingerprint density at radius 3 is 2.52 bits per heavy atom. The summed E-state index contributed by atoms with van der Waals surface area (Å²) in [6, 6.07) is 11.3. The third-order valence-corrected chi connectivity index (χ3v) is 3.94. The van der Waals surface area contributed by atoms with E-state index >= 15 is 0 Å². The zero-order valence-electron chi connectivity index (χ0n) is 11.8. The molecule has 0 saturated carbocycles. The van der Waals surface area contributed by atoms with Crippen molar-refractivity contribution < 1.29 is 9.84 Å². The van der Waals surface area contributed by atoms with Gasteiger partial charge in [-0.25, -0.2) is 0 Å². The molecular formula is C16H15ClN2O2. The quantitative estimate of drug-likeness (QED) is 0.800. The number of aryl methyl sites for hydroxylation is 2. The van der Waals surface area contributed by atoms with E-state index in [1.165, 1.54) is 0 Å². The molecule has 0 aliphatic heterocycles. The minimum Gasteiger partial charge on any atom is -0.504 e. The van der Waals surface area contributed by atoms with Crippen LogP contribution in [-0.4, -0.2) is 14.9 Å². The first-order valence-corrected chi connectivity index (χ1v) is 6.96. The van der Waals surface area contributed by atoms with Crippen molar-refractivity contribution in [3.63, 3.8) is 0 Å². The van der Waals surface area contributed by atoms with Crippen LogP contribution in [0.4, 0.5) is 0 Å². The normalized spacial score (nSPS) is 11.0. The molecule has 0 bridgehead atoms. The molecule has 0 aliphatic rings. The number of phenols is 1. The van der Waals surface area contributed by atoms with Gasteiger partial charge in [-0.2, -0.15) is 5.10 Å². The summed E-state index contributed by atoms with van der Waals surface area (Å²) in [7, 11) is 1.82. The van der Waals surface area contributed by atoms with E-state index in [2.05, 4.69) is 5.10 Å². The van der Waals surface area contributed by atoms with E-state index in [1.54, 1.807) is 10.7 Å². The van der Waals surface area contributed by atoms with E-state index < -0.39 is 0 Å². The molecule has 0 amide bonds. The Morgan fingerprint density at radius 1 is 1.24 bits per heavy atom.